The molecule has 1 aliphatic rings. The number of nitrogens with one attached hydrogen (secondary N) is 2. The van der Waals surface area contributed by atoms with E-state index in [0.29, 0.717) is 0 Å². The van der Waals surface area contributed by atoms with Gasteiger partial charge in [-0.25, -0.2) is 4.79 Å². The van der Waals surface area contributed by atoms with Gasteiger partial charge in [0.15, 0.2) is 5.69 Å². The number of anilines is 1. The highest BCUT2D eigenvalue weighted by Crippen LogP contribution is 2.44. The standard InChI is InChI=1S/C24H24N4O5/c1-14(23(30)31)12-25-22(29)20-11-21(28(2)27-20)26-24(32)33-13-19-17-9-5-3-7-15(17)16-8-4-6-10-18(16)19/h3-11,14,19H,12-13H2,1-2H3,(H,25,29)(H,26,32)(H,30,31). The number of carbonyl (C=O) groups excluding carboxylic acids is 2. The zero-order valence-corrected chi connectivity index (χ0v) is 18.2. The number of ether oxygens (including phenoxy) is 1. The lowest BCUT2D eigenvalue weighted by atomic mass is 9.98. The van der Waals surface area contributed by atoms with E-state index in [-0.39, 0.29) is 30.6 Å². The van der Waals surface area contributed by atoms with Crippen LogP contribution in [0.15, 0.2) is 54.6 Å². The number of carbonyl (C=O) groups is 3. The van der Waals surface area contributed by atoms with E-state index in [9.17, 15) is 14.4 Å². The summed E-state index contributed by atoms with van der Waals surface area (Å²) in [5.41, 5.74) is 4.57. The van der Waals surface area contributed by atoms with Gasteiger partial charge >= 0.3 is 12.1 Å². The lowest BCUT2D eigenvalue weighted by molar-refractivity contribution is -0.140. The second-order valence-electron chi connectivity index (χ2n) is 7.94. The van der Waals surface area contributed by atoms with Crippen LogP contribution >= 0.6 is 0 Å². The third kappa shape index (κ3) is 4.57. The minimum absolute atomic E-state index is 0.0279. The SMILES string of the molecule is CC(CNC(=O)c1cc(NC(=O)OCC2c3ccccc3-c3ccccc32)n(C)n1)C(=O)O. The fraction of sp³-hybridized carbons (Fsp3) is 0.250. The number of hydrogen-bond donors (Lipinski definition) is 3. The largest absolute Gasteiger partial charge is 0.481 e. The second kappa shape index (κ2) is 9.15. The summed E-state index contributed by atoms with van der Waals surface area (Å²) in [7, 11) is 1.58. The highest BCUT2D eigenvalue weighted by Gasteiger charge is 2.29. The van der Waals surface area contributed by atoms with Gasteiger partial charge in [-0.2, -0.15) is 5.10 Å². The maximum Gasteiger partial charge on any atom is 0.412 e. The van der Waals surface area contributed by atoms with Crippen LogP contribution in [0.3, 0.4) is 0 Å². The van der Waals surface area contributed by atoms with Gasteiger partial charge in [-0.1, -0.05) is 55.5 Å². The Morgan fingerprint density at radius 2 is 1.70 bits per heavy atom. The molecule has 0 fully saturated rings. The maximum absolute atomic E-state index is 12.5. The first kappa shape index (κ1) is 22.1. The summed E-state index contributed by atoms with van der Waals surface area (Å²) in [6, 6.07) is 17.5. The molecule has 0 bridgehead atoms. The molecule has 2 aromatic carbocycles. The van der Waals surface area contributed by atoms with Crippen LogP contribution in [0, 0.1) is 5.92 Å². The van der Waals surface area contributed by atoms with Crippen molar-refractivity contribution < 1.29 is 24.2 Å². The number of rotatable bonds is 7. The van der Waals surface area contributed by atoms with Gasteiger partial charge in [-0.3, -0.25) is 19.6 Å². The van der Waals surface area contributed by atoms with Crippen LogP contribution in [-0.2, 0) is 16.6 Å². The van der Waals surface area contributed by atoms with E-state index in [1.54, 1.807) is 7.05 Å². The number of nitrogens with zero attached hydrogens (tertiary/aromatic N) is 2. The van der Waals surface area contributed by atoms with E-state index in [4.69, 9.17) is 9.84 Å². The maximum atomic E-state index is 12.5. The third-order valence-corrected chi connectivity index (χ3v) is 5.68. The fourth-order valence-electron chi connectivity index (χ4n) is 3.86. The number of amides is 2. The predicted molar refractivity (Wildman–Crippen MR) is 121 cm³/mol. The Morgan fingerprint density at radius 1 is 1.09 bits per heavy atom. The van der Waals surface area contributed by atoms with Crippen LogP contribution in [0.25, 0.3) is 11.1 Å². The van der Waals surface area contributed by atoms with E-state index in [0.717, 1.165) is 22.3 Å². The zero-order valence-electron chi connectivity index (χ0n) is 18.2. The Labute approximate surface area is 190 Å². The molecule has 0 aliphatic heterocycles. The summed E-state index contributed by atoms with van der Waals surface area (Å²) >= 11 is 0. The van der Waals surface area contributed by atoms with E-state index >= 15 is 0 Å². The van der Waals surface area contributed by atoms with Crippen LogP contribution in [0.1, 0.15) is 34.5 Å². The van der Waals surface area contributed by atoms with Gasteiger partial charge in [0.05, 0.1) is 5.92 Å². The van der Waals surface area contributed by atoms with Gasteiger partial charge in [-0.05, 0) is 22.3 Å². The monoisotopic (exact) mass is 448 g/mol. The van der Waals surface area contributed by atoms with Crippen molar-refractivity contribution in [3.8, 4) is 11.1 Å². The minimum atomic E-state index is -1.01. The molecule has 1 atom stereocenters. The van der Waals surface area contributed by atoms with Crippen LogP contribution in [0.2, 0.25) is 0 Å². The highest BCUT2D eigenvalue weighted by molar-refractivity contribution is 5.94. The van der Waals surface area contributed by atoms with E-state index < -0.39 is 23.9 Å². The number of aromatic nitrogens is 2. The molecular weight excluding hydrogens is 424 g/mol. The van der Waals surface area contributed by atoms with Crippen LogP contribution in [0.5, 0.6) is 0 Å². The Balaban J connectivity index is 1.38. The number of aryl methyl sites for hydroxylation is 1. The molecule has 0 saturated carbocycles. The van der Waals surface area contributed by atoms with Gasteiger partial charge in [0, 0.05) is 25.6 Å². The number of hydrogen-bond acceptors (Lipinski definition) is 5. The van der Waals surface area contributed by atoms with Gasteiger partial charge < -0.3 is 15.2 Å². The Hall–Kier alpha value is -4.14. The smallest absolute Gasteiger partial charge is 0.412 e. The molecule has 1 unspecified atom stereocenters. The number of carboxylic acids is 1. The first-order valence-electron chi connectivity index (χ1n) is 10.5. The molecule has 0 saturated heterocycles. The molecule has 170 valence electrons. The Kier molecular flexibility index (Phi) is 6.12. The molecule has 0 spiro atoms. The number of carboxylic acid groups (broad SMARTS) is 1. The molecule has 2 amide bonds. The van der Waals surface area contributed by atoms with Crippen molar-refractivity contribution in [2.75, 3.05) is 18.5 Å². The molecule has 33 heavy (non-hydrogen) atoms. The van der Waals surface area contributed by atoms with Gasteiger partial charge in [-0.15, -0.1) is 0 Å². The molecule has 3 aromatic rings. The summed E-state index contributed by atoms with van der Waals surface area (Å²) in [4.78, 5) is 35.6. The Bertz CT molecular complexity index is 1170. The number of aliphatic carboxylic acids is 1. The summed E-state index contributed by atoms with van der Waals surface area (Å²) in [5, 5.41) is 18.1. The van der Waals surface area contributed by atoms with E-state index in [2.05, 4.69) is 27.9 Å². The zero-order chi connectivity index (χ0) is 23.5. The molecule has 4 rings (SSSR count). The summed E-state index contributed by atoms with van der Waals surface area (Å²) in [6.45, 7) is 1.63. The van der Waals surface area contributed by atoms with E-state index in [1.807, 2.05) is 36.4 Å². The fourth-order valence-corrected chi connectivity index (χ4v) is 3.86. The van der Waals surface area contributed by atoms with Gasteiger partial charge in [0.25, 0.3) is 5.91 Å². The lowest BCUT2D eigenvalue weighted by Crippen LogP contribution is -2.31. The van der Waals surface area contributed by atoms with Crippen molar-refractivity contribution in [1.29, 1.82) is 0 Å². The number of benzene rings is 2. The van der Waals surface area contributed by atoms with Crippen molar-refractivity contribution in [3.63, 3.8) is 0 Å². The summed E-state index contributed by atoms with van der Waals surface area (Å²) in [5.74, 6) is -2.04. The number of fused-ring (bicyclic) bond motifs is 3. The topological polar surface area (TPSA) is 123 Å². The van der Waals surface area contributed by atoms with Crippen LogP contribution in [0.4, 0.5) is 10.6 Å². The van der Waals surface area contributed by atoms with Gasteiger partial charge in [0.1, 0.15) is 12.4 Å². The van der Waals surface area contributed by atoms with Crippen molar-refractivity contribution in [1.82, 2.24) is 15.1 Å². The average Bonchev–Trinajstić information content (AvgIpc) is 3.33. The molecular formula is C24H24N4O5. The van der Waals surface area contributed by atoms with Crippen molar-refractivity contribution in [2.45, 2.75) is 12.8 Å². The lowest BCUT2D eigenvalue weighted by Gasteiger charge is -2.14. The predicted octanol–water partition coefficient (Wildman–Crippen LogP) is 3.23. The quantitative estimate of drug-likeness (QED) is 0.510. The average molecular weight is 448 g/mol. The molecule has 1 heterocycles. The summed E-state index contributed by atoms with van der Waals surface area (Å²) < 4.78 is 6.86. The van der Waals surface area contributed by atoms with Crippen molar-refractivity contribution in [3.05, 3.63) is 71.4 Å². The van der Waals surface area contributed by atoms with E-state index in [1.165, 1.54) is 17.7 Å². The minimum Gasteiger partial charge on any atom is -0.481 e. The van der Waals surface area contributed by atoms with Crippen LogP contribution in [-0.4, -0.2) is 46.0 Å². The Morgan fingerprint density at radius 3 is 2.30 bits per heavy atom. The first-order chi connectivity index (χ1) is 15.8. The molecule has 0 radical (unpaired) electrons. The van der Waals surface area contributed by atoms with Crippen molar-refractivity contribution in [2.24, 2.45) is 13.0 Å². The first-order valence-corrected chi connectivity index (χ1v) is 10.5. The van der Waals surface area contributed by atoms with Crippen molar-refractivity contribution >= 4 is 23.8 Å². The molecule has 9 nitrogen and oxygen atoms in total. The summed E-state index contributed by atoms with van der Waals surface area (Å²) in [6.07, 6.45) is -0.661. The molecule has 1 aliphatic carbocycles. The molecule has 3 N–H and O–H groups in total. The van der Waals surface area contributed by atoms with Gasteiger partial charge in [0.2, 0.25) is 0 Å². The second-order valence-corrected chi connectivity index (χ2v) is 7.94. The molecule has 1 aromatic heterocycles. The normalized spacial score (nSPS) is 13.0. The highest BCUT2D eigenvalue weighted by atomic mass is 16.5. The third-order valence-electron chi connectivity index (χ3n) is 5.68. The van der Waals surface area contributed by atoms with Crippen LogP contribution < -0.4 is 10.6 Å². The molecule has 9 heteroatoms.